The molecule has 24 heavy (non-hydrogen) atoms. The number of nitrogens with two attached hydrogens (primary N) is 1. The first-order chi connectivity index (χ1) is 11.2. The molecule has 138 valence electrons. The molecule has 2 aliphatic heterocycles. The number of primary amides is 1. The molecular weight excluding hydrogens is 314 g/mol. The normalized spacial score (nSPS) is 39.3. The number of amides is 1. The molecule has 2 heterocycles. The van der Waals surface area contributed by atoms with Crippen molar-refractivity contribution in [1.29, 1.82) is 0 Å². The molecule has 0 aromatic carbocycles. The topological polar surface area (TPSA) is 126 Å². The van der Waals surface area contributed by atoms with Crippen LogP contribution in [0.5, 0.6) is 0 Å². The van der Waals surface area contributed by atoms with Gasteiger partial charge in [-0.15, -0.1) is 0 Å². The predicted molar refractivity (Wildman–Crippen MR) is 86.9 cm³/mol. The zero-order chi connectivity index (χ0) is 18.0. The molecule has 0 spiro atoms. The van der Waals surface area contributed by atoms with Gasteiger partial charge in [0.15, 0.2) is 0 Å². The lowest BCUT2D eigenvalue weighted by Crippen LogP contribution is -2.50. The summed E-state index contributed by atoms with van der Waals surface area (Å²) in [4.78, 5) is 10.9. The van der Waals surface area contributed by atoms with Gasteiger partial charge >= 0.3 is 0 Å². The van der Waals surface area contributed by atoms with Crippen LogP contribution in [0.15, 0.2) is 11.6 Å². The largest absolute Gasteiger partial charge is 0.393 e. The number of rotatable bonds is 7. The smallest absolute Gasteiger partial charge is 0.241 e. The van der Waals surface area contributed by atoms with E-state index in [-0.39, 0.29) is 24.0 Å². The second-order valence-electron chi connectivity index (χ2n) is 7.18. The van der Waals surface area contributed by atoms with Gasteiger partial charge in [-0.1, -0.05) is 12.5 Å². The van der Waals surface area contributed by atoms with Gasteiger partial charge in [0.05, 0.1) is 37.1 Å². The highest BCUT2D eigenvalue weighted by molar-refractivity contribution is 5.86. The van der Waals surface area contributed by atoms with Crippen LogP contribution in [0.4, 0.5) is 0 Å². The van der Waals surface area contributed by atoms with Gasteiger partial charge in [0, 0.05) is 17.9 Å². The highest BCUT2D eigenvalue weighted by atomic mass is 16.6. The Morgan fingerprint density at radius 3 is 2.54 bits per heavy atom. The molecule has 2 aliphatic rings. The van der Waals surface area contributed by atoms with E-state index in [0.717, 1.165) is 0 Å². The van der Waals surface area contributed by atoms with Gasteiger partial charge in [0.2, 0.25) is 5.91 Å². The minimum atomic E-state index is -1.02. The van der Waals surface area contributed by atoms with Crippen LogP contribution < -0.4 is 5.73 Å². The molecule has 0 bridgehead atoms. The fraction of sp³-hybridized carbons (Fsp3) is 0.824. The third-order valence-electron chi connectivity index (χ3n) is 5.09. The van der Waals surface area contributed by atoms with Crippen molar-refractivity contribution in [1.82, 2.24) is 0 Å². The van der Waals surface area contributed by atoms with E-state index in [0.29, 0.717) is 25.0 Å². The number of epoxide rings is 1. The first-order valence-electron chi connectivity index (χ1n) is 8.48. The number of hydrogen-bond acceptors (Lipinski definition) is 6. The third kappa shape index (κ3) is 4.77. The Hall–Kier alpha value is -0.990. The van der Waals surface area contributed by atoms with Crippen molar-refractivity contribution in [3.05, 3.63) is 11.6 Å². The third-order valence-corrected chi connectivity index (χ3v) is 5.09. The number of ether oxygens (including phenoxy) is 2. The molecular formula is C17H29NO6. The maximum Gasteiger partial charge on any atom is 0.241 e. The van der Waals surface area contributed by atoms with Crippen molar-refractivity contribution in [3.63, 3.8) is 0 Å². The van der Waals surface area contributed by atoms with Gasteiger partial charge in [-0.3, -0.25) is 4.79 Å². The van der Waals surface area contributed by atoms with Crippen LogP contribution in [0.25, 0.3) is 0 Å². The van der Waals surface area contributed by atoms with E-state index in [9.17, 15) is 20.1 Å². The quantitative estimate of drug-likeness (QED) is 0.372. The Morgan fingerprint density at radius 1 is 1.29 bits per heavy atom. The summed E-state index contributed by atoms with van der Waals surface area (Å²) < 4.78 is 11.3. The van der Waals surface area contributed by atoms with Crippen molar-refractivity contribution < 1.29 is 29.6 Å². The SMILES string of the molecule is C/C(=C\C(N)=O)C[C@@H]1OC[C@H](C[C@@H]2O[C@H]2[C@@H](C)[C@H](C)O)[C@@H](O)[C@H]1O. The van der Waals surface area contributed by atoms with Gasteiger partial charge in [0.25, 0.3) is 0 Å². The maximum atomic E-state index is 10.9. The molecule has 0 aliphatic carbocycles. The molecule has 0 saturated carbocycles. The monoisotopic (exact) mass is 343 g/mol. The van der Waals surface area contributed by atoms with Crippen molar-refractivity contribution >= 4 is 5.91 Å². The molecule has 0 aromatic heterocycles. The fourth-order valence-corrected chi connectivity index (χ4v) is 3.33. The van der Waals surface area contributed by atoms with E-state index in [4.69, 9.17) is 15.2 Å². The number of hydrogen-bond donors (Lipinski definition) is 4. The summed E-state index contributed by atoms with van der Waals surface area (Å²) in [5.74, 6) is -0.718. The predicted octanol–water partition coefficient (Wildman–Crippen LogP) is -0.281. The molecule has 2 saturated heterocycles. The van der Waals surface area contributed by atoms with Gasteiger partial charge in [0.1, 0.15) is 6.10 Å². The van der Waals surface area contributed by atoms with E-state index in [1.165, 1.54) is 6.08 Å². The lowest BCUT2D eigenvalue weighted by Gasteiger charge is -2.38. The molecule has 2 rings (SSSR count). The summed E-state index contributed by atoms with van der Waals surface area (Å²) in [7, 11) is 0. The lowest BCUT2D eigenvalue weighted by molar-refractivity contribution is -0.165. The second-order valence-corrected chi connectivity index (χ2v) is 7.18. The first kappa shape index (κ1) is 19.3. The molecule has 7 nitrogen and oxygen atoms in total. The Kier molecular flexibility index (Phi) is 6.39. The summed E-state index contributed by atoms with van der Waals surface area (Å²) in [6, 6.07) is 0. The van der Waals surface area contributed by atoms with Crippen molar-refractivity contribution in [2.75, 3.05) is 6.61 Å². The molecule has 0 unspecified atom stereocenters. The van der Waals surface area contributed by atoms with Crippen LogP contribution >= 0.6 is 0 Å². The van der Waals surface area contributed by atoms with E-state index in [1.54, 1.807) is 13.8 Å². The van der Waals surface area contributed by atoms with Crippen molar-refractivity contribution in [2.24, 2.45) is 17.6 Å². The van der Waals surface area contributed by atoms with E-state index in [1.807, 2.05) is 6.92 Å². The second kappa shape index (κ2) is 7.93. The maximum absolute atomic E-state index is 10.9. The summed E-state index contributed by atoms with van der Waals surface area (Å²) in [6.45, 7) is 5.72. The Morgan fingerprint density at radius 2 is 1.96 bits per heavy atom. The number of aliphatic hydroxyl groups excluding tert-OH is 3. The number of carbonyl (C=O) groups is 1. The zero-order valence-corrected chi connectivity index (χ0v) is 14.5. The summed E-state index contributed by atoms with van der Waals surface area (Å²) in [5.41, 5.74) is 5.81. The summed E-state index contributed by atoms with van der Waals surface area (Å²) in [5, 5.41) is 30.3. The standard InChI is InChI=1S/C17H29NO6/c1-8(5-14(18)20)4-12-16(22)15(21)11(7-23-12)6-13-17(24-13)9(2)10(3)19/h5,9-13,15-17,19,21-22H,4,6-7H2,1-3H3,(H2,18,20)/b8-5+/t9-,10-,11-,12-,13-,15+,16-,17-/m0/s1. The van der Waals surface area contributed by atoms with Crippen LogP contribution in [0.3, 0.4) is 0 Å². The first-order valence-corrected chi connectivity index (χ1v) is 8.48. The Bertz CT molecular complexity index is 480. The zero-order valence-electron chi connectivity index (χ0n) is 14.5. The van der Waals surface area contributed by atoms with E-state index < -0.39 is 30.3 Å². The van der Waals surface area contributed by atoms with Crippen LogP contribution in [0, 0.1) is 11.8 Å². The van der Waals surface area contributed by atoms with Crippen LogP contribution in [-0.2, 0) is 14.3 Å². The summed E-state index contributed by atoms with van der Waals surface area (Å²) >= 11 is 0. The highest BCUT2D eigenvalue weighted by Gasteiger charge is 2.48. The Balaban J connectivity index is 1.84. The summed E-state index contributed by atoms with van der Waals surface area (Å²) in [6.07, 6.45) is -0.719. The fourth-order valence-electron chi connectivity index (χ4n) is 3.33. The van der Waals surface area contributed by atoms with Gasteiger partial charge in [-0.25, -0.2) is 0 Å². The average molecular weight is 343 g/mol. The van der Waals surface area contributed by atoms with Crippen LogP contribution in [0.1, 0.15) is 33.6 Å². The van der Waals surface area contributed by atoms with Crippen molar-refractivity contribution in [2.45, 2.75) is 70.2 Å². The van der Waals surface area contributed by atoms with E-state index >= 15 is 0 Å². The molecule has 7 heteroatoms. The molecule has 8 atom stereocenters. The molecule has 5 N–H and O–H groups in total. The number of aliphatic hydroxyl groups is 3. The van der Waals surface area contributed by atoms with Gasteiger partial charge < -0.3 is 30.5 Å². The minimum absolute atomic E-state index is 0.00666. The lowest BCUT2D eigenvalue weighted by atomic mass is 9.85. The van der Waals surface area contributed by atoms with Gasteiger partial charge in [-0.05, 0) is 26.7 Å². The van der Waals surface area contributed by atoms with E-state index in [2.05, 4.69) is 0 Å². The number of carbonyl (C=O) groups excluding carboxylic acids is 1. The van der Waals surface area contributed by atoms with Gasteiger partial charge in [-0.2, -0.15) is 0 Å². The molecule has 2 fully saturated rings. The van der Waals surface area contributed by atoms with Crippen molar-refractivity contribution in [3.8, 4) is 0 Å². The van der Waals surface area contributed by atoms with Crippen LogP contribution in [-0.4, -0.2) is 64.5 Å². The minimum Gasteiger partial charge on any atom is -0.393 e. The van der Waals surface area contributed by atoms with Crippen LogP contribution in [0.2, 0.25) is 0 Å². The average Bonchev–Trinajstić information content (AvgIpc) is 3.24. The molecule has 0 radical (unpaired) electrons. The molecule has 1 amide bonds. The molecule has 0 aromatic rings. The highest BCUT2D eigenvalue weighted by Crippen LogP contribution is 2.38. The Labute approximate surface area is 142 Å².